The van der Waals surface area contributed by atoms with Crippen LogP contribution in [0.3, 0.4) is 0 Å². The molecule has 0 aliphatic carbocycles. The Bertz CT molecular complexity index is 1560. The van der Waals surface area contributed by atoms with Crippen molar-refractivity contribution in [2.75, 3.05) is 13.1 Å². The summed E-state index contributed by atoms with van der Waals surface area (Å²) in [5, 5.41) is 6.64. The highest BCUT2D eigenvalue weighted by molar-refractivity contribution is 7.13. The highest BCUT2D eigenvalue weighted by Crippen LogP contribution is 2.29. The van der Waals surface area contributed by atoms with Crippen molar-refractivity contribution in [1.82, 2.24) is 24.2 Å². The lowest BCUT2D eigenvalue weighted by Crippen LogP contribution is -2.41. The number of nitrogens with one attached hydrogen (secondary N) is 1. The van der Waals surface area contributed by atoms with Gasteiger partial charge in [-0.15, -0.1) is 11.3 Å². The molecule has 1 saturated heterocycles. The summed E-state index contributed by atoms with van der Waals surface area (Å²) in [4.78, 5) is 31.9. The first-order chi connectivity index (χ1) is 17.1. The van der Waals surface area contributed by atoms with Gasteiger partial charge in [0.1, 0.15) is 17.2 Å². The van der Waals surface area contributed by atoms with Crippen molar-refractivity contribution < 1.29 is 9.18 Å². The van der Waals surface area contributed by atoms with E-state index in [2.05, 4.69) is 10.1 Å². The first kappa shape index (κ1) is 21.5. The lowest BCUT2D eigenvalue weighted by molar-refractivity contribution is 0.0685. The quantitative estimate of drug-likeness (QED) is 0.393. The number of aromatic nitrogens is 4. The van der Waals surface area contributed by atoms with Crippen molar-refractivity contribution in [3.8, 4) is 16.3 Å². The minimum absolute atomic E-state index is 0.0198. The number of piperidine rings is 1. The smallest absolute Gasteiger partial charge is 0.326 e. The molecule has 0 radical (unpaired) electrons. The molecule has 0 saturated carbocycles. The molecule has 1 aliphatic heterocycles. The third-order valence-corrected chi connectivity index (χ3v) is 7.41. The number of fused-ring (bicyclic) bond motifs is 1. The first-order valence-electron chi connectivity index (χ1n) is 11.5. The number of carbonyl (C=O) groups excluding carboxylic acids is 1. The van der Waals surface area contributed by atoms with Gasteiger partial charge in [0.2, 0.25) is 0 Å². The average Bonchev–Trinajstić information content (AvgIpc) is 3.62. The predicted octanol–water partition coefficient (Wildman–Crippen LogP) is 4.86. The van der Waals surface area contributed by atoms with Crippen LogP contribution < -0.4 is 5.69 Å². The van der Waals surface area contributed by atoms with Gasteiger partial charge in [-0.25, -0.2) is 13.9 Å². The van der Waals surface area contributed by atoms with Gasteiger partial charge in [-0.3, -0.25) is 9.36 Å². The Morgan fingerprint density at radius 1 is 1.03 bits per heavy atom. The summed E-state index contributed by atoms with van der Waals surface area (Å²) in [7, 11) is 0. The number of amides is 1. The van der Waals surface area contributed by atoms with Crippen LogP contribution in [0.5, 0.6) is 0 Å². The van der Waals surface area contributed by atoms with Gasteiger partial charge in [-0.2, -0.15) is 5.10 Å². The van der Waals surface area contributed by atoms with E-state index in [1.165, 1.54) is 12.1 Å². The van der Waals surface area contributed by atoms with E-state index in [1.807, 2.05) is 51.2 Å². The Morgan fingerprint density at radius 3 is 2.54 bits per heavy atom. The summed E-state index contributed by atoms with van der Waals surface area (Å²) < 4.78 is 16.9. The van der Waals surface area contributed by atoms with Crippen LogP contribution >= 0.6 is 11.3 Å². The van der Waals surface area contributed by atoms with Crippen LogP contribution in [-0.4, -0.2) is 43.2 Å². The molecular formula is C26H22FN5O2S. The van der Waals surface area contributed by atoms with Gasteiger partial charge in [0.05, 0.1) is 21.6 Å². The van der Waals surface area contributed by atoms with Gasteiger partial charge in [-0.1, -0.05) is 18.2 Å². The maximum atomic E-state index is 13.6. The van der Waals surface area contributed by atoms with Gasteiger partial charge >= 0.3 is 5.69 Å². The standard InChI is InChI=1S/C26H22FN5O2S/c27-17-7-9-19(10-8-17)32-23(16-21(29-32)24-6-3-15-35-24)25(33)30-13-11-18(12-14-30)31-22-5-2-1-4-20(22)28-26(31)34/h1-10,15-16,18H,11-14H2,(H,28,34). The zero-order valence-corrected chi connectivity index (χ0v) is 19.5. The highest BCUT2D eigenvalue weighted by Gasteiger charge is 2.29. The Morgan fingerprint density at radius 2 is 1.80 bits per heavy atom. The molecule has 0 spiro atoms. The van der Waals surface area contributed by atoms with Crippen LogP contribution in [0.1, 0.15) is 29.4 Å². The normalized spacial score (nSPS) is 14.6. The number of para-hydroxylation sites is 2. The molecule has 2 aromatic carbocycles. The number of halogens is 1. The summed E-state index contributed by atoms with van der Waals surface area (Å²) in [6.45, 7) is 1.05. The number of benzene rings is 2. The lowest BCUT2D eigenvalue weighted by atomic mass is 10.0. The molecule has 4 heterocycles. The molecule has 176 valence electrons. The highest BCUT2D eigenvalue weighted by atomic mass is 32.1. The number of hydrogen-bond donors (Lipinski definition) is 1. The summed E-state index contributed by atoms with van der Waals surface area (Å²) >= 11 is 1.55. The molecule has 0 unspecified atom stereocenters. The molecule has 1 aliphatic rings. The number of carbonyl (C=O) groups is 1. The fourth-order valence-electron chi connectivity index (χ4n) is 4.78. The van der Waals surface area contributed by atoms with Crippen molar-refractivity contribution in [3.05, 3.63) is 94.1 Å². The number of H-pyrrole nitrogens is 1. The van der Waals surface area contributed by atoms with Crippen LogP contribution in [0.15, 0.2) is 76.9 Å². The number of likely N-dealkylation sites (tertiary alicyclic amines) is 1. The Balaban J connectivity index is 1.28. The van der Waals surface area contributed by atoms with Crippen molar-refractivity contribution >= 4 is 28.3 Å². The van der Waals surface area contributed by atoms with Gasteiger partial charge in [0.15, 0.2) is 0 Å². The number of hydrogen-bond acceptors (Lipinski definition) is 4. The van der Waals surface area contributed by atoms with Gasteiger partial charge < -0.3 is 9.88 Å². The van der Waals surface area contributed by atoms with Crippen LogP contribution in [0, 0.1) is 5.82 Å². The van der Waals surface area contributed by atoms with E-state index in [1.54, 1.807) is 34.2 Å². The molecule has 0 bridgehead atoms. The van der Waals surface area contributed by atoms with Crippen LogP contribution in [0.25, 0.3) is 27.3 Å². The van der Waals surface area contributed by atoms with E-state index in [0.29, 0.717) is 43.0 Å². The van der Waals surface area contributed by atoms with Crippen LogP contribution in [0.4, 0.5) is 4.39 Å². The van der Waals surface area contributed by atoms with Gasteiger partial charge in [-0.05, 0) is 66.8 Å². The van der Waals surface area contributed by atoms with E-state index in [-0.39, 0.29) is 23.5 Å². The molecule has 3 aromatic heterocycles. The van der Waals surface area contributed by atoms with Gasteiger partial charge in [0, 0.05) is 19.1 Å². The lowest BCUT2D eigenvalue weighted by Gasteiger charge is -2.32. The molecule has 1 amide bonds. The molecule has 35 heavy (non-hydrogen) atoms. The zero-order valence-electron chi connectivity index (χ0n) is 18.7. The monoisotopic (exact) mass is 487 g/mol. The van der Waals surface area contributed by atoms with Crippen molar-refractivity contribution in [1.29, 1.82) is 0 Å². The van der Waals surface area contributed by atoms with Crippen molar-refractivity contribution in [2.45, 2.75) is 18.9 Å². The maximum absolute atomic E-state index is 13.6. The Kier molecular flexibility index (Phi) is 5.33. The maximum Gasteiger partial charge on any atom is 0.326 e. The largest absolute Gasteiger partial charge is 0.337 e. The third-order valence-electron chi connectivity index (χ3n) is 6.51. The van der Waals surface area contributed by atoms with Crippen LogP contribution in [0.2, 0.25) is 0 Å². The fraction of sp³-hybridized carbons (Fsp3) is 0.192. The predicted molar refractivity (Wildman–Crippen MR) is 134 cm³/mol. The van der Waals surface area contributed by atoms with E-state index < -0.39 is 0 Å². The summed E-state index contributed by atoms with van der Waals surface area (Å²) in [6, 6.07) is 19.3. The molecule has 7 nitrogen and oxygen atoms in total. The second-order valence-corrected chi connectivity index (χ2v) is 9.57. The molecule has 0 atom stereocenters. The Hall–Kier alpha value is -3.98. The fourth-order valence-corrected chi connectivity index (χ4v) is 5.46. The number of aromatic amines is 1. The van der Waals surface area contributed by atoms with E-state index in [9.17, 15) is 14.0 Å². The van der Waals surface area contributed by atoms with Crippen molar-refractivity contribution in [3.63, 3.8) is 0 Å². The molecule has 9 heteroatoms. The average molecular weight is 488 g/mol. The van der Waals surface area contributed by atoms with Gasteiger partial charge in [0.25, 0.3) is 5.91 Å². The number of rotatable bonds is 4. The molecular weight excluding hydrogens is 465 g/mol. The van der Waals surface area contributed by atoms with Crippen molar-refractivity contribution in [2.24, 2.45) is 0 Å². The number of nitrogens with zero attached hydrogens (tertiary/aromatic N) is 4. The SMILES string of the molecule is O=C(c1cc(-c2cccs2)nn1-c1ccc(F)cc1)N1CCC(n2c(=O)[nH]c3ccccc32)CC1. The van der Waals surface area contributed by atoms with E-state index >= 15 is 0 Å². The molecule has 5 aromatic rings. The number of thiophene rings is 1. The van der Waals surface area contributed by atoms with E-state index in [0.717, 1.165) is 15.9 Å². The second-order valence-electron chi connectivity index (χ2n) is 8.62. The molecule has 1 fully saturated rings. The van der Waals surface area contributed by atoms with E-state index in [4.69, 9.17) is 0 Å². The molecule has 6 rings (SSSR count). The minimum Gasteiger partial charge on any atom is -0.337 e. The second kappa shape index (κ2) is 8.66. The third kappa shape index (κ3) is 3.87. The van der Waals surface area contributed by atoms with Crippen LogP contribution in [-0.2, 0) is 0 Å². The Labute approximate surface area is 204 Å². The summed E-state index contributed by atoms with van der Waals surface area (Å²) in [6.07, 6.45) is 1.35. The number of imidazole rings is 1. The summed E-state index contributed by atoms with van der Waals surface area (Å²) in [5.41, 5.74) is 3.34. The topological polar surface area (TPSA) is 75.9 Å². The first-order valence-corrected chi connectivity index (χ1v) is 12.3. The zero-order chi connectivity index (χ0) is 23.9. The minimum atomic E-state index is -0.346. The summed E-state index contributed by atoms with van der Waals surface area (Å²) in [5.74, 6) is -0.476. The molecule has 1 N–H and O–H groups in total.